The number of anilines is 2. The maximum Gasteiger partial charge on any atom is 0.321 e. The molecule has 4 rings (SSSR count). The van der Waals surface area contributed by atoms with Crippen LogP contribution in [0.15, 0.2) is 42.5 Å². The number of nitrogens with zero attached hydrogens (tertiary/aromatic N) is 3. The lowest BCUT2D eigenvalue weighted by atomic mass is 9.98. The van der Waals surface area contributed by atoms with E-state index < -0.39 is 5.91 Å². The molecule has 1 aromatic heterocycles. The Labute approximate surface area is 187 Å². The van der Waals surface area contributed by atoms with Crippen LogP contribution in [0, 0.1) is 18.6 Å². The van der Waals surface area contributed by atoms with Crippen LogP contribution in [-0.4, -0.2) is 40.1 Å². The Morgan fingerprint density at radius 3 is 2.38 bits per heavy atom. The number of carbonyl (C=O) groups is 2. The van der Waals surface area contributed by atoms with Gasteiger partial charge in [-0.25, -0.2) is 13.6 Å². The molecule has 1 saturated heterocycles. The number of aromatic nitrogens is 2. The van der Waals surface area contributed by atoms with Gasteiger partial charge in [-0.1, -0.05) is 17.4 Å². The third-order valence-corrected chi connectivity index (χ3v) is 6.38. The fourth-order valence-electron chi connectivity index (χ4n) is 3.41. The van der Waals surface area contributed by atoms with Gasteiger partial charge in [0.05, 0.1) is 0 Å². The fraction of sp³-hybridized carbons (Fsp3) is 0.273. The van der Waals surface area contributed by atoms with Crippen LogP contribution in [0.1, 0.15) is 39.1 Å². The van der Waals surface area contributed by atoms with E-state index in [2.05, 4.69) is 20.8 Å². The van der Waals surface area contributed by atoms with Gasteiger partial charge in [-0.05, 0) is 61.7 Å². The molecule has 0 bridgehead atoms. The molecule has 0 unspecified atom stereocenters. The maximum absolute atomic E-state index is 13.7. The van der Waals surface area contributed by atoms with Crippen molar-refractivity contribution < 1.29 is 18.4 Å². The van der Waals surface area contributed by atoms with Gasteiger partial charge >= 0.3 is 6.03 Å². The third-order valence-electron chi connectivity index (χ3n) is 5.29. The van der Waals surface area contributed by atoms with E-state index in [4.69, 9.17) is 0 Å². The summed E-state index contributed by atoms with van der Waals surface area (Å²) in [6.45, 7) is 2.69. The molecule has 3 amide bonds. The van der Waals surface area contributed by atoms with Gasteiger partial charge in [0, 0.05) is 30.4 Å². The Morgan fingerprint density at radius 1 is 1.00 bits per heavy atom. The number of carbonyl (C=O) groups excluding carboxylic acids is 2. The summed E-state index contributed by atoms with van der Waals surface area (Å²) < 4.78 is 26.7. The summed E-state index contributed by atoms with van der Waals surface area (Å²) in [5, 5.41) is 14.5. The molecule has 3 aromatic rings. The quantitative estimate of drug-likeness (QED) is 0.590. The van der Waals surface area contributed by atoms with Crippen molar-refractivity contribution in [2.45, 2.75) is 25.7 Å². The van der Waals surface area contributed by atoms with Crippen LogP contribution in [0.3, 0.4) is 0 Å². The molecule has 0 spiro atoms. The highest BCUT2D eigenvalue weighted by molar-refractivity contribution is 7.13. The van der Waals surface area contributed by atoms with Crippen molar-refractivity contribution in [3.8, 4) is 0 Å². The first-order valence-corrected chi connectivity index (χ1v) is 10.9. The lowest BCUT2D eigenvalue weighted by Crippen LogP contribution is -2.40. The van der Waals surface area contributed by atoms with Crippen LogP contribution in [-0.2, 0) is 0 Å². The summed E-state index contributed by atoms with van der Waals surface area (Å²) in [4.78, 5) is 26.5. The van der Waals surface area contributed by atoms with E-state index in [0.717, 1.165) is 5.01 Å². The number of hydrogen-bond donors (Lipinski definition) is 2. The van der Waals surface area contributed by atoms with Gasteiger partial charge in [-0.2, -0.15) is 0 Å². The van der Waals surface area contributed by atoms with Gasteiger partial charge < -0.3 is 15.5 Å². The number of amides is 3. The first-order valence-electron chi connectivity index (χ1n) is 10.1. The molecule has 32 heavy (non-hydrogen) atoms. The zero-order valence-corrected chi connectivity index (χ0v) is 18.1. The summed E-state index contributed by atoms with van der Waals surface area (Å²) in [6.07, 6.45) is 1.37. The average molecular weight is 458 g/mol. The van der Waals surface area contributed by atoms with Crippen LogP contribution in [0.25, 0.3) is 0 Å². The van der Waals surface area contributed by atoms with Gasteiger partial charge in [-0.15, -0.1) is 10.2 Å². The minimum atomic E-state index is -0.400. The van der Waals surface area contributed by atoms with Gasteiger partial charge in [-0.3, -0.25) is 4.79 Å². The summed E-state index contributed by atoms with van der Waals surface area (Å²) in [6, 6.07) is 9.80. The lowest BCUT2D eigenvalue weighted by Gasteiger charge is -2.31. The number of hydrogen-bond acceptors (Lipinski definition) is 5. The topological polar surface area (TPSA) is 87.2 Å². The Balaban J connectivity index is 1.31. The maximum atomic E-state index is 13.7. The van der Waals surface area contributed by atoms with Gasteiger partial charge in [0.1, 0.15) is 16.6 Å². The zero-order chi connectivity index (χ0) is 22.7. The number of aryl methyl sites for hydroxylation is 1. The molecular formula is C22H21F2N5O2S. The standard InChI is InChI=1S/C22H21F2N5O2S/c1-13-2-5-17(12-18(13)24)26-22(31)29-10-8-14(9-11-29)20-27-28-21(32-20)19(30)25-16-6-3-15(23)4-7-16/h2-7,12,14H,8-11H2,1H3,(H,25,30)(H,26,31). The molecule has 166 valence electrons. The molecule has 2 N–H and O–H groups in total. The minimum absolute atomic E-state index is 0.0979. The van der Waals surface area contributed by atoms with Crippen molar-refractivity contribution in [3.63, 3.8) is 0 Å². The zero-order valence-electron chi connectivity index (χ0n) is 17.3. The molecule has 7 nitrogen and oxygen atoms in total. The second-order valence-electron chi connectivity index (χ2n) is 7.56. The third kappa shape index (κ3) is 5.08. The second-order valence-corrected chi connectivity index (χ2v) is 8.57. The van der Waals surface area contributed by atoms with Crippen LogP contribution >= 0.6 is 11.3 Å². The highest BCUT2D eigenvalue weighted by atomic mass is 32.1. The monoisotopic (exact) mass is 457 g/mol. The first-order chi connectivity index (χ1) is 15.4. The van der Waals surface area contributed by atoms with Crippen molar-refractivity contribution in [2.24, 2.45) is 0 Å². The van der Waals surface area contributed by atoms with Crippen LogP contribution in [0.4, 0.5) is 25.0 Å². The summed E-state index contributed by atoms with van der Waals surface area (Å²) in [5.41, 5.74) is 1.41. The predicted octanol–water partition coefficient (Wildman–Crippen LogP) is 4.79. The van der Waals surface area contributed by atoms with Crippen molar-refractivity contribution in [1.82, 2.24) is 15.1 Å². The number of halogens is 2. The lowest BCUT2D eigenvalue weighted by molar-refractivity contribution is 0.102. The largest absolute Gasteiger partial charge is 0.324 e. The molecule has 10 heteroatoms. The number of nitrogens with one attached hydrogen (secondary N) is 2. The van der Waals surface area contributed by atoms with E-state index in [1.54, 1.807) is 24.0 Å². The smallest absolute Gasteiger partial charge is 0.321 e. The van der Waals surface area contributed by atoms with E-state index in [9.17, 15) is 18.4 Å². The highest BCUT2D eigenvalue weighted by Gasteiger charge is 2.27. The number of rotatable bonds is 4. The molecule has 0 radical (unpaired) electrons. The van der Waals surface area contributed by atoms with E-state index in [1.165, 1.54) is 41.7 Å². The molecule has 2 aromatic carbocycles. The summed E-state index contributed by atoms with van der Waals surface area (Å²) in [7, 11) is 0. The van der Waals surface area contributed by atoms with Gasteiger partial charge in [0.15, 0.2) is 0 Å². The van der Waals surface area contributed by atoms with Gasteiger partial charge in [0.25, 0.3) is 5.91 Å². The second kappa shape index (κ2) is 9.39. The van der Waals surface area contributed by atoms with E-state index in [1.807, 2.05) is 0 Å². The normalized spacial score (nSPS) is 14.3. The van der Waals surface area contributed by atoms with E-state index in [-0.39, 0.29) is 28.6 Å². The Kier molecular flexibility index (Phi) is 6.40. The number of urea groups is 1. The molecule has 1 aliphatic rings. The molecule has 1 fully saturated rings. The molecule has 1 aliphatic heterocycles. The number of benzene rings is 2. The molecule has 0 atom stereocenters. The Hall–Kier alpha value is -3.40. The van der Waals surface area contributed by atoms with Gasteiger partial charge in [0.2, 0.25) is 5.01 Å². The fourth-order valence-corrected chi connectivity index (χ4v) is 4.32. The summed E-state index contributed by atoms with van der Waals surface area (Å²) in [5.74, 6) is -1.05. The van der Waals surface area contributed by atoms with Crippen molar-refractivity contribution in [1.29, 1.82) is 0 Å². The first kappa shape index (κ1) is 21.8. The molecule has 2 heterocycles. The predicted molar refractivity (Wildman–Crippen MR) is 118 cm³/mol. The average Bonchev–Trinajstić information content (AvgIpc) is 3.28. The van der Waals surface area contributed by atoms with Crippen molar-refractivity contribution >= 4 is 34.6 Å². The Morgan fingerprint density at radius 2 is 1.69 bits per heavy atom. The van der Waals surface area contributed by atoms with Crippen molar-refractivity contribution in [2.75, 3.05) is 23.7 Å². The summed E-state index contributed by atoms with van der Waals surface area (Å²) >= 11 is 1.22. The SMILES string of the molecule is Cc1ccc(NC(=O)N2CCC(c3nnc(C(=O)Nc4ccc(F)cc4)s3)CC2)cc1F. The number of piperidine rings is 1. The van der Waals surface area contributed by atoms with Crippen LogP contribution in [0.2, 0.25) is 0 Å². The van der Waals surface area contributed by atoms with E-state index in [0.29, 0.717) is 42.9 Å². The van der Waals surface area contributed by atoms with Crippen molar-refractivity contribution in [3.05, 3.63) is 69.7 Å². The molecular weight excluding hydrogens is 436 g/mol. The molecule has 0 aliphatic carbocycles. The van der Waals surface area contributed by atoms with E-state index >= 15 is 0 Å². The van der Waals surface area contributed by atoms with Crippen LogP contribution < -0.4 is 10.6 Å². The number of likely N-dealkylation sites (tertiary alicyclic amines) is 1. The molecule has 0 saturated carbocycles. The minimum Gasteiger partial charge on any atom is -0.324 e. The van der Waals surface area contributed by atoms with Crippen LogP contribution in [0.5, 0.6) is 0 Å². The Bertz CT molecular complexity index is 1130. The highest BCUT2D eigenvalue weighted by Crippen LogP contribution is 2.30.